The molecule has 0 radical (unpaired) electrons. The van der Waals surface area contributed by atoms with Crippen LogP contribution in [0.15, 0.2) is 65.3 Å². The molecule has 2 heterocycles. The average molecular weight is 584 g/mol. The van der Waals surface area contributed by atoms with E-state index in [9.17, 15) is 13.2 Å². The Labute approximate surface area is 218 Å². The highest BCUT2D eigenvalue weighted by atomic mass is 79.9. The number of hydrogen-bond acceptors (Lipinski definition) is 3. The second-order valence-electron chi connectivity index (χ2n) is 7.72. The molecular weight excluding hydrogens is 565 g/mol. The maximum Gasteiger partial charge on any atom is 0.416 e. The summed E-state index contributed by atoms with van der Waals surface area (Å²) in [6.45, 7) is 2.49. The van der Waals surface area contributed by atoms with E-state index < -0.39 is 11.7 Å². The number of rotatable bonds is 6. The molecule has 12 heteroatoms. The van der Waals surface area contributed by atoms with Crippen molar-refractivity contribution >= 4 is 56.5 Å². The smallest absolute Gasteiger partial charge is 0.316 e. The molecule has 4 aromatic rings. The van der Waals surface area contributed by atoms with Crippen molar-refractivity contribution in [1.29, 1.82) is 0 Å². The minimum absolute atomic E-state index is 0.190. The second-order valence-corrected chi connectivity index (χ2v) is 9.39. The molecule has 0 aliphatic carbocycles. The second kappa shape index (κ2) is 10.4. The molecule has 0 saturated heterocycles. The van der Waals surface area contributed by atoms with Crippen molar-refractivity contribution in [2.24, 2.45) is 0 Å². The molecule has 6 nitrogen and oxygen atoms in total. The number of nitrogens with one attached hydrogen (secondary N) is 2. The number of nitrogens with zero attached hydrogens (tertiary/aromatic N) is 4. The van der Waals surface area contributed by atoms with Gasteiger partial charge in [0.25, 0.3) is 0 Å². The summed E-state index contributed by atoms with van der Waals surface area (Å²) in [6.07, 6.45) is -2.59. The zero-order chi connectivity index (χ0) is 25.2. The molecule has 2 N–H and O–H groups in total. The van der Waals surface area contributed by atoms with Crippen molar-refractivity contribution in [3.8, 4) is 0 Å². The van der Waals surface area contributed by atoms with Crippen LogP contribution in [0.1, 0.15) is 22.4 Å². The highest BCUT2D eigenvalue weighted by Crippen LogP contribution is 2.30. The normalized spacial score (nSPS) is 11.5. The quantitative estimate of drug-likeness (QED) is 0.247. The molecule has 35 heavy (non-hydrogen) atoms. The van der Waals surface area contributed by atoms with E-state index in [1.807, 2.05) is 37.4 Å². The van der Waals surface area contributed by atoms with Gasteiger partial charge in [-0.2, -0.15) is 23.4 Å². The lowest BCUT2D eigenvalue weighted by Gasteiger charge is -2.10. The number of halogens is 5. The maximum absolute atomic E-state index is 13.0. The third-order valence-corrected chi connectivity index (χ3v) is 6.20. The van der Waals surface area contributed by atoms with Crippen LogP contribution in [0.5, 0.6) is 0 Å². The lowest BCUT2D eigenvalue weighted by Crippen LogP contribution is -2.20. The first-order valence-electron chi connectivity index (χ1n) is 10.3. The van der Waals surface area contributed by atoms with Crippen LogP contribution < -0.4 is 10.6 Å². The predicted octanol–water partition coefficient (Wildman–Crippen LogP) is 6.73. The van der Waals surface area contributed by atoms with Crippen LogP contribution in [0.4, 0.5) is 24.8 Å². The van der Waals surface area contributed by atoms with Gasteiger partial charge in [-0.25, -0.2) is 0 Å². The van der Waals surface area contributed by atoms with E-state index in [4.69, 9.17) is 23.8 Å². The van der Waals surface area contributed by atoms with Crippen molar-refractivity contribution < 1.29 is 13.2 Å². The van der Waals surface area contributed by atoms with Gasteiger partial charge in [-0.1, -0.05) is 41.9 Å². The number of benzene rings is 2. The van der Waals surface area contributed by atoms with Crippen LogP contribution in [0.25, 0.3) is 0 Å². The summed E-state index contributed by atoms with van der Waals surface area (Å²) in [5.74, 6) is 0.966. The minimum Gasteiger partial charge on any atom is -0.316 e. The van der Waals surface area contributed by atoms with Crippen LogP contribution in [0.3, 0.4) is 0 Å². The van der Waals surface area contributed by atoms with Crippen molar-refractivity contribution in [1.82, 2.24) is 19.6 Å². The van der Waals surface area contributed by atoms with Gasteiger partial charge in [0.05, 0.1) is 23.1 Å². The van der Waals surface area contributed by atoms with E-state index in [1.165, 1.54) is 6.07 Å². The Bertz CT molecular complexity index is 1370. The molecule has 182 valence electrons. The first-order valence-corrected chi connectivity index (χ1v) is 11.9. The summed E-state index contributed by atoms with van der Waals surface area (Å²) in [6, 6.07) is 14.5. The highest BCUT2D eigenvalue weighted by molar-refractivity contribution is 9.10. The standard InChI is InChI=1S/C23H19BrClF3N6S/c1-14-9-20(31-34(14)11-15-5-4-7-17(10-15)23(26,27)28)29-22(35)30-21-18(24)13-33(32-21)12-16-6-2-3-8-19(16)25/h2-10,13H,11-12H2,1H3,(H2,29,30,31,32,35). The molecular formula is C23H19BrClF3N6S. The van der Waals surface area contributed by atoms with Crippen LogP contribution in [-0.4, -0.2) is 24.7 Å². The van der Waals surface area contributed by atoms with E-state index in [2.05, 4.69) is 36.8 Å². The predicted molar refractivity (Wildman–Crippen MR) is 138 cm³/mol. The molecule has 4 rings (SSSR count). The van der Waals surface area contributed by atoms with E-state index in [0.717, 1.165) is 23.4 Å². The Balaban J connectivity index is 1.40. The fraction of sp³-hybridized carbons (Fsp3) is 0.174. The molecule has 2 aromatic carbocycles. The molecule has 0 unspecified atom stereocenters. The van der Waals surface area contributed by atoms with Gasteiger partial charge in [0, 0.05) is 23.0 Å². The summed E-state index contributed by atoms with van der Waals surface area (Å²) in [7, 11) is 0. The molecule has 0 bridgehead atoms. The zero-order valence-electron chi connectivity index (χ0n) is 18.3. The molecule has 0 spiro atoms. The number of anilines is 2. The molecule has 0 fully saturated rings. The highest BCUT2D eigenvalue weighted by Gasteiger charge is 2.30. The summed E-state index contributed by atoms with van der Waals surface area (Å²) < 4.78 is 43.0. The van der Waals surface area contributed by atoms with Crippen LogP contribution in [0, 0.1) is 6.92 Å². The van der Waals surface area contributed by atoms with Crippen LogP contribution >= 0.6 is 39.7 Å². The number of alkyl halides is 3. The van der Waals surface area contributed by atoms with Gasteiger partial charge in [-0.3, -0.25) is 9.36 Å². The Hall–Kier alpha value is -2.89. The fourth-order valence-corrected chi connectivity index (χ4v) is 4.18. The number of thiocarbonyl (C=S) groups is 1. The lowest BCUT2D eigenvalue weighted by molar-refractivity contribution is -0.137. The summed E-state index contributed by atoms with van der Waals surface area (Å²) in [4.78, 5) is 0. The Morgan fingerprint density at radius 3 is 2.57 bits per heavy atom. The van der Waals surface area contributed by atoms with Gasteiger partial charge in [0.1, 0.15) is 0 Å². The topological polar surface area (TPSA) is 59.7 Å². The zero-order valence-corrected chi connectivity index (χ0v) is 21.4. The monoisotopic (exact) mass is 582 g/mol. The van der Waals surface area contributed by atoms with Crippen molar-refractivity contribution in [3.05, 3.63) is 92.7 Å². The Morgan fingerprint density at radius 1 is 1.06 bits per heavy atom. The van der Waals surface area contributed by atoms with Gasteiger partial charge in [-0.05, 0) is 64.4 Å². The van der Waals surface area contributed by atoms with Gasteiger partial charge in [0.15, 0.2) is 16.7 Å². The average Bonchev–Trinajstić information content (AvgIpc) is 3.30. The summed E-state index contributed by atoms with van der Waals surface area (Å²) in [5.41, 5.74) is 1.49. The van der Waals surface area contributed by atoms with Crippen molar-refractivity contribution in [3.63, 3.8) is 0 Å². The molecule has 0 atom stereocenters. The van der Waals surface area contributed by atoms with Crippen LogP contribution in [0.2, 0.25) is 5.02 Å². The van der Waals surface area contributed by atoms with Crippen LogP contribution in [-0.2, 0) is 19.3 Å². The lowest BCUT2D eigenvalue weighted by atomic mass is 10.1. The fourth-order valence-electron chi connectivity index (χ4n) is 3.37. The molecule has 0 aliphatic heterocycles. The number of aryl methyl sites for hydroxylation is 1. The SMILES string of the molecule is Cc1cc(NC(=S)Nc2nn(Cc3ccccc3Cl)cc2Br)nn1Cc1cccc(C(F)(F)F)c1. The van der Waals surface area contributed by atoms with E-state index in [1.54, 1.807) is 21.5 Å². The van der Waals surface area contributed by atoms with Gasteiger partial charge >= 0.3 is 6.18 Å². The maximum atomic E-state index is 13.0. The number of hydrogen-bond donors (Lipinski definition) is 2. The summed E-state index contributed by atoms with van der Waals surface area (Å²) >= 11 is 15.1. The molecule has 0 saturated carbocycles. The van der Waals surface area contributed by atoms with Crippen molar-refractivity contribution in [2.75, 3.05) is 10.6 Å². The first-order chi connectivity index (χ1) is 16.6. The van der Waals surface area contributed by atoms with Gasteiger partial charge < -0.3 is 10.6 Å². The summed E-state index contributed by atoms with van der Waals surface area (Å²) in [5, 5.41) is 15.8. The minimum atomic E-state index is -4.39. The number of aromatic nitrogens is 4. The van der Waals surface area contributed by atoms with Gasteiger partial charge in [-0.15, -0.1) is 0 Å². The third kappa shape index (κ3) is 6.41. The van der Waals surface area contributed by atoms with E-state index >= 15 is 0 Å². The first kappa shape index (κ1) is 25.2. The van der Waals surface area contributed by atoms with Crippen molar-refractivity contribution in [2.45, 2.75) is 26.2 Å². The largest absolute Gasteiger partial charge is 0.416 e. The Morgan fingerprint density at radius 2 is 1.83 bits per heavy atom. The Kier molecular flexibility index (Phi) is 7.48. The molecule has 0 aliphatic rings. The molecule has 0 amide bonds. The van der Waals surface area contributed by atoms with E-state index in [0.29, 0.717) is 33.2 Å². The third-order valence-electron chi connectivity index (χ3n) is 5.05. The van der Waals surface area contributed by atoms with E-state index in [-0.39, 0.29) is 11.7 Å². The van der Waals surface area contributed by atoms with Gasteiger partial charge in [0.2, 0.25) is 0 Å². The molecule has 2 aromatic heterocycles.